The van der Waals surface area contributed by atoms with E-state index in [0.29, 0.717) is 12.8 Å². The summed E-state index contributed by atoms with van der Waals surface area (Å²) in [6, 6.07) is 0. The van der Waals surface area contributed by atoms with Gasteiger partial charge in [-0.1, -0.05) is 6.92 Å². The highest BCUT2D eigenvalue weighted by Crippen LogP contribution is 2.54. The molecule has 0 heterocycles. The average molecular weight is 201 g/mol. The molecule has 0 spiro atoms. The van der Waals surface area contributed by atoms with Crippen LogP contribution in [0.25, 0.3) is 0 Å². The first kappa shape index (κ1) is 8.67. The zero-order valence-electron chi connectivity index (χ0n) is 5.06. The van der Waals surface area contributed by atoms with Crippen molar-refractivity contribution < 1.29 is 9.09 Å². The van der Waals surface area contributed by atoms with Gasteiger partial charge in [0, 0.05) is 21.7 Å². The normalized spacial score (nSPS) is 17.9. The molecule has 0 aliphatic carbocycles. The predicted octanol–water partition coefficient (Wildman–Crippen LogP) is 2.63. The SMILES string of the molecule is CCOP(=O)(Br)CC. The van der Waals surface area contributed by atoms with Gasteiger partial charge in [0.15, 0.2) is 0 Å². The van der Waals surface area contributed by atoms with Crippen LogP contribution >= 0.6 is 21.6 Å². The van der Waals surface area contributed by atoms with E-state index in [1.807, 2.05) is 13.8 Å². The van der Waals surface area contributed by atoms with Crippen molar-refractivity contribution in [2.75, 3.05) is 12.8 Å². The largest absolute Gasteiger partial charge is 0.321 e. The van der Waals surface area contributed by atoms with Gasteiger partial charge in [-0.2, -0.15) is 0 Å². The third kappa shape index (κ3) is 3.65. The lowest BCUT2D eigenvalue weighted by Crippen LogP contribution is -1.83. The first-order valence-corrected chi connectivity index (χ1v) is 6.38. The second kappa shape index (κ2) is 3.65. The van der Waals surface area contributed by atoms with E-state index in [1.165, 1.54) is 0 Å². The standard InChI is InChI=1S/C4H10BrO2P/c1-3-7-8(5,6)4-2/h3-4H2,1-2H3. The highest BCUT2D eigenvalue weighted by atomic mass is 79.9. The highest BCUT2D eigenvalue weighted by molar-refractivity contribution is 9.39. The van der Waals surface area contributed by atoms with Crippen LogP contribution in [0.1, 0.15) is 13.8 Å². The molecule has 0 aliphatic heterocycles. The zero-order chi connectivity index (χ0) is 6.62. The molecule has 0 fully saturated rings. The third-order valence-corrected chi connectivity index (χ3v) is 4.22. The summed E-state index contributed by atoms with van der Waals surface area (Å²) in [6.07, 6.45) is -1.80. The van der Waals surface area contributed by atoms with Crippen molar-refractivity contribution >= 4 is 21.6 Å². The molecule has 0 rings (SSSR count). The van der Waals surface area contributed by atoms with E-state index in [9.17, 15) is 4.57 Å². The first-order valence-electron chi connectivity index (χ1n) is 2.55. The van der Waals surface area contributed by atoms with Crippen molar-refractivity contribution in [3.63, 3.8) is 0 Å². The molecule has 0 aliphatic rings. The quantitative estimate of drug-likeness (QED) is 0.656. The molecule has 8 heavy (non-hydrogen) atoms. The Morgan fingerprint density at radius 1 is 1.62 bits per heavy atom. The van der Waals surface area contributed by atoms with Crippen LogP contribution in [0.5, 0.6) is 0 Å². The van der Waals surface area contributed by atoms with Gasteiger partial charge in [-0.15, -0.1) is 0 Å². The van der Waals surface area contributed by atoms with E-state index < -0.39 is 6.07 Å². The average Bonchev–Trinajstić information content (AvgIpc) is 1.67. The van der Waals surface area contributed by atoms with Crippen molar-refractivity contribution in [1.82, 2.24) is 0 Å². The third-order valence-electron chi connectivity index (χ3n) is 0.700. The van der Waals surface area contributed by atoms with E-state index in [4.69, 9.17) is 4.52 Å². The minimum absolute atomic E-state index is 0.510. The van der Waals surface area contributed by atoms with Crippen molar-refractivity contribution in [3.8, 4) is 0 Å². The first-order chi connectivity index (χ1) is 3.62. The lowest BCUT2D eigenvalue weighted by Gasteiger charge is -2.05. The lowest BCUT2D eigenvalue weighted by molar-refractivity contribution is 0.348. The summed E-state index contributed by atoms with van der Waals surface area (Å²) in [5, 5.41) is 0. The van der Waals surface area contributed by atoms with Crippen molar-refractivity contribution in [2.45, 2.75) is 13.8 Å². The molecule has 0 aromatic rings. The maximum atomic E-state index is 10.9. The van der Waals surface area contributed by atoms with Gasteiger partial charge in [0.2, 0.25) is 0 Å². The van der Waals surface area contributed by atoms with E-state index in [-0.39, 0.29) is 0 Å². The molecular weight excluding hydrogens is 191 g/mol. The Morgan fingerprint density at radius 2 is 2.12 bits per heavy atom. The molecule has 1 atom stereocenters. The monoisotopic (exact) mass is 200 g/mol. The molecular formula is C4H10BrO2P. The molecule has 1 unspecified atom stereocenters. The molecule has 2 nitrogen and oxygen atoms in total. The fraction of sp³-hybridized carbons (Fsp3) is 1.00. The van der Waals surface area contributed by atoms with Gasteiger partial charge in [-0.3, -0.25) is 4.57 Å². The molecule has 0 saturated heterocycles. The van der Waals surface area contributed by atoms with Crippen LogP contribution in [-0.2, 0) is 9.09 Å². The van der Waals surface area contributed by atoms with Gasteiger partial charge in [-0.05, 0) is 6.92 Å². The summed E-state index contributed by atoms with van der Waals surface area (Å²) in [7, 11) is 0. The molecule has 0 aromatic carbocycles. The molecule has 0 aromatic heterocycles. The van der Waals surface area contributed by atoms with Gasteiger partial charge in [0.1, 0.15) is 0 Å². The fourth-order valence-corrected chi connectivity index (χ4v) is 1.47. The summed E-state index contributed by atoms with van der Waals surface area (Å²) in [4.78, 5) is 0. The topological polar surface area (TPSA) is 26.3 Å². The van der Waals surface area contributed by atoms with Crippen molar-refractivity contribution in [3.05, 3.63) is 0 Å². The number of hydrogen-bond acceptors (Lipinski definition) is 2. The molecule has 0 radical (unpaired) electrons. The molecule has 50 valence electrons. The molecule has 0 saturated carbocycles. The van der Waals surface area contributed by atoms with Crippen LogP contribution in [0.3, 0.4) is 0 Å². The molecule has 0 bridgehead atoms. The summed E-state index contributed by atoms with van der Waals surface area (Å²) in [6.45, 7) is 4.16. The Hall–Kier alpha value is 0.670. The number of rotatable bonds is 3. The Labute approximate surface area is 57.8 Å². The van der Waals surface area contributed by atoms with Gasteiger partial charge in [0.05, 0.1) is 6.61 Å². The zero-order valence-corrected chi connectivity index (χ0v) is 7.54. The Balaban J connectivity index is 3.55. The summed E-state index contributed by atoms with van der Waals surface area (Å²) < 4.78 is 15.7. The summed E-state index contributed by atoms with van der Waals surface area (Å²) in [5.74, 6) is 0. The van der Waals surface area contributed by atoms with E-state index in [0.717, 1.165) is 0 Å². The van der Waals surface area contributed by atoms with E-state index in [2.05, 4.69) is 15.5 Å². The van der Waals surface area contributed by atoms with Gasteiger partial charge >= 0.3 is 0 Å². The Kier molecular flexibility index (Phi) is 3.95. The summed E-state index contributed by atoms with van der Waals surface area (Å²) >= 11 is 2.97. The fourth-order valence-electron chi connectivity index (χ4n) is 0.284. The second-order valence-electron chi connectivity index (χ2n) is 1.32. The van der Waals surface area contributed by atoms with Gasteiger partial charge < -0.3 is 4.52 Å². The summed E-state index contributed by atoms with van der Waals surface area (Å²) in [5.41, 5.74) is 0. The second-order valence-corrected chi connectivity index (χ2v) is 6.64. The van der Waals surface area contributed by atoms with Crippen molar-refractivity contribution in [1.29, 1.82) is 0 Å². The van der Waals surface area contributed by atoms with Crippen LogP contribution in [0, 0.1) is 0 Å². The highest BCUT2D eigenvalue weighted by Gasteiger charge is 2.12. The van der Waals surface area contributed by atoms with Gasteiger partial charge in [0.25, 0.3) is 6.07 Å². The molecule has 4 heteroatoms. The molecule has 0 amide bonds. The smallest absolute Gasteiger partial charge is 0.265 e. The van der Waals surface area contributed by atoms with E-state index >= 15 is 0 Å². The minimum atomic E-state index is -2.36. The van der Waals surface area contributed by atoms with Gasteiger partial charge in [-0.25, -0.2) is 0 Å². The van der Waals surface area contributed by atoms with Crippen LogP contribution < -0.4 is 0 Å². The Morgan fingerprint density at radius 3 is 2.25 bits per heavy atom. The van der Waals surface area contributed by atoms with Crippen LogP contribution in [0.4, 0.5) is 0 Å². The van der Waals surface area contributed by atoms with Crippen LogP contribution in [-0.4, -0.2) is 12.8 Å². The predicted molar refractivity (Wildman–Crippen MR) is 38.7 cm³/mol. The Bertz CT molecular complexity index is 104. The van der Waals surface area contributed by atoms with Crippen LogP contribution in [0.2, 0.25) is 0 Å². The maximum absolute atomic E-state index is 10.9. The number of halogens is 1. The van der Waals surface area contributed by atoms with Crippen LogP contribution in [0.15, 0.2) is 0 Å². The van der Waals surface area contributed by atoms with E-state index in [1.54, 1.807) is 0 Å². The van der Waals surface area contributed by atoms with Crippen molar-refractivity contribution in [2.24, 2.45) is 0 Å². The number of hydrogen-bond donors (Lipinski definition) is 0. The lowest BCUT2D eigenvalue weighted by atomic mass is 10.9. The minimum Gasteiger partial charge on any atom is -0.321 e. The molecule has 0 N–H and O–H groups in total. The maximum Gasteiger partial charge on any atom is 0.265 e.